The predicted octanol–water partition coefficient (Wildman–Crippen LogP) is 1.89. The maximum Gasteiger partial charge on any atom is 0.238 e. The SMILES string of the molecule is CN1CCN(CC(=O)Nc2ccc(N)cc2Cl)CC1(C)C. The highest BCUT2D eigenvalue weighted by Crippen LogP contribution is 2.24. The van der Waals surface area contributed by atoms with Crippen LogP contribution in [0.4, 0.5) is 11.4 Å². The zero-order valence-corrected chi connectivity index (χ0v) is 13.6. The highest BCUT2D eigenvalue weighted by molar-refractivity contribution is 6.34. The smallest absolute Gasteiger partial charge is 0.238 e. The van der Waals surface area contributed by atoms with Crippen molar-refractivity contribution in [3.8, 4) is 0 Å². The Morgan fingerprint density at radius 2 is 2.14 bits per heavy atom. The first-order valence-electron chi connectivity index (χ1n) is 7.06. The molecule has 0 saturated carbocycles. The molecule has 0 spiro atoms. The van der Waals surface area contributed by atoms with Crippen molar-refractivity contribution in [3.63, 3.8) is 0 Å². The van der Waals surface area contributed by atoms with Crippen molar-refractivity contribution >= 4 is 28.9 Å². The number of anilines is 2. The summed E-state index contributed by atoms with van der Waals surface area (Å²) in [6.45, 7) is 7.47. The molecular formula is C15H23ClN4O. The second-order valence-corrected chi connectivity index (χ2v) is 6.64. The largest absolute Gasteiger partial charge is 0.399 e. The van der Waals surface area contributed by atoms with E-state index in [0.29, 0.717) is 22.9 Å². The zero-order valence-electron chi connectivity index (χ0n) is 12.8. The Labute approximate surface area is 131 Å². The fourth-order valence-electron chi connectivity index (χ4n) is 2.50. The van der Waals surface area contributed by atoms with Gasteiger partial charge in [0.05, 0.1) is 17.3 Å². The normalized spacial score (nSPS) is 19.4. The molecular weight excluding hydrogens is 288 g/mol. The number of likely N-dealkylation sites (N-methyl/N-ethyl adjacent to an activating group) is 1. The van der Waals surface area contributed by atoms with Crippen LogP contribution in [0, 0.1) is 0 Å². The number of nitrogens with zero attached hydrogens (tertiary/aromatic N) is 2. The second kappa shape index (κ2) is 6.22. The number of hydrogen-bond donors (Lipinski definition) is 2. The number of nitrogen functional groups attached to an aromatic ring is 1. The Morgan fingerprint density at radius 1 is 1.43 bits per heavy atom. The van der Waals surface area contributed by atoms with Gasteiger partial charge in [-0.25, -0.2) is 0 Å². The summed E-state index contributed by atoms with van der Waals surface area (Å²) in [5.74, 6) is -0.0537. The Morgan fingerprint density at radius 3 is 2.76 bits per heavy atom. The van der Waals surface area contributed by atoms with Gasteiger partial charge in [0.1, 0.15) is 0 Å². The number of carbonyl (C=O) groups is 1. The molecule has 5 nitrogen and oxygen atoms in total. The number of piperazine rings is 1. The second-order valence-electron chi connectivity index (χ2n) is 6.23. The van der Waals surface area contributed by atoms with Crippen molar-refractivity contribution in [2.24, 2.45) is 0 Å². The molecule has 0 unspecified atom stereocenters. The van der Waals surface area contributed by atoms with Gasteiger partial charge in [0.15, 0.2) is 0 Å². The molecule has 1 aromatic rings. The van der Waals surface area contributed by atoms with Crippen molar-refractivity contribution in [1.29, 1.82) is 0 Å². The molecule has 1 saturated heterocycles. The van der Waals surface area contributed by atoms with E-state index in [4.69, 9.17) is 17.3 Å². The molecule has 0 aromatic heterocycles. The van der Waals surface area contributed by atoms with Crippen LogP contribution in [-0.2, 0) is 4.79 Å². The minimum Gasteiger partial charge on any atom is -0.399 e. The molecule has 0 atom stereocenters. The highest BCUT2D eigenvalue weighted by Gasteiger charge is 2.31. The molecule has 1 heterocycles. The van der Waals surface area contributed by atoms with Crippen LogP contribution in [0.2, 0.25) is 5.02 Å². The Hall–Kier alpha value is -1.30. The van der Waals surface area contributed by atoms with Gasteiger partial charge < -0.3 is 11.1 Å². The van der Waals surface area contributed by atoms with E-state index in [9.17, 15) is 4.79 Å². The van der Waals surface area contributed by atoms with Gasteiger partial charge in [-0.15, -0.1) is 0 Å². The van der Waals surface area contributed by atoms with Crippen LogP contribution in [0.15, 0.2) is 18.2 Å². The lowest BCUT2D eigenvalue weighted by atomic mass is 10.00. The van der Waals surface area contributed by atoms with Crippen LogP contribution in [0.1, 0.15) is 13.8 Å². The summed E-state index contributed by atoms with van der Waals surface area (Å²) in [5.41, 5.74) is 6.90. The van der Waals surface area contributed by atoms with Crippen LogP contribution in [-0.4, -0.2) is 54.5 Å². The first-order valence-corrected chi connectivity index (χ1v) is 7.44. The summed E-state index contributed by atoms with van der Waals surface area (Å²) < 4.78 is 0. The molecule has 1 aromatic carbocycles. The highest BCUT2D eigenvalue weighted by atomic mass is 35.5. The average Bonchev–Trinajstić information content (AvgIpc) is 2.37. The van der Waals surface area contributed by atoms with E-state index in [1.807, 2.05) is 0 Å². The van der Waals surface area contributed by atoms with E-state index in [-0.39, 0.29) is 11.4 Å². The summed E-state index contributed by atoms with van der Waals surface area (Å²) in [7, 11) is 2.12. The number of carbonyl (C=O) groups excluding carboxylic acids is 1. The van der Waals surface area contributed by atoms with E-state index in [0.717, 1.165) is 19.6 Å². The Balaban J connectivity index is 1.93. The standard InChI is InChI=1S/C15H23ClN4O/c1-15(2)10-20(7-6-19(15)3)9-14(21)18-13-5-4-11(17)8-12(13)16/h4-5,8H,6-7,9-10,17H2,1-3H3,(H,18,21). The zero-order chi connectivity index (χ0) is 15.6. The lowest BCUT2D eigenvalue weighted by Crippen LogP contribution is -2.58. The molecule has 0 bridgehead atoms. The minimum absolute atomic E-state index is 0.0537. The van der Waals surface area contributed by atoms with E-state index in [1.165, 1.54) is 0 Å². The van der Waals surface area contributed by atoms with Gasteiger partial charge in [-0.1, -0.05) is 11.6 Å². The molecule has 1 fully saturated rings. The van der Waals surface area contributed by atoms with Crippen molar-refractivity contribution in [2.45, 2.75) is 19.4 Å². The lowest BCUT2D eigenvalue weighted by molar-refractivity contribution is -0.118. The van der Waals surface area contributed by atoms with Crippen molar-refractivity contribution in [3.05, 3.63) is 23.2 Å². The van der Waals surface area contributed by atoms with E-state index < -0.39 is 0 Å². The van der Waals surface area contributed by atoms with Crippen molar-refractivity contribution in [1.82, 2.24) is 9.80 Å². The number of nitrogens with one attached hydrogen (secondary N) is 1. The van der Waals surface area contributed by atoms with Crippen LogP contribution in [0.5, 0.6) is 0 Å². The maximum atomic E-state index is 12.2. The molecule has 21 heavy (non-hydrogen) atoms. The quantitative estimate of drug-likeness (QED) is 0.837. The third-order valence-corrected chi connectivity index (χ3v) is 4.34. The van der Waals surface area contributed by atoms with Crippen LogP contribution >= 0.6 is 11.6 Å². The third kappa shape index (κ3) is 4.09. The van der Waals surface area contributed by atoms with Gasteiger partial charge >= 0.3 is 0 Å². The van der Waals surface area contributed by atoms with Gasteiger partial charge in [0, 0.05) is 30.9 Å². The predicted molar refractivity (Wildman–Crippen MR) is 87.6 cm³/mol. The van der Waals surface area contributed by atoms with E-state index in [1.54, 1.807) is 18.2 Å². The molecule has 0 aliphatic carbocycles. The average molecular weight is 311 g/mol. The van der Waals surface area contributed by atoms with Crippen LogP contribution in [0.25, 0.3) is 0 Å². The molecule has 3 N–H and O–H groups in total. The fraction of sp³-hybridized carbons (Fsp3) is 0.533. The summed E-state index contributed by atoms with van der Waals surface area (Å²) >= 11 is 6.07. The van der Waals surface area contributed by atoms with Crippen molar-refractivity contribution < 1.29 is 4.79 Å². The van der Waals surface area contributed by atoms with Crippen LogP contribution in [0.3, 0.4) is 0 Å². The Kier molecular flexibility index (Phi) is 4.76. The molecule has 116 valence electrons. The summed E-state index contributed by atoms with van der Waals surface area (Å²) in [6, 6.07) is 5.08. The van der Waals surface area contributed by atoms with Gasteiger partial charge in [-0.3, -0.25) is 14.6 Å². The number of halogens is 1. The first-order chi connectivity index (χ1) is 9.78. The molecule has 0 radical (unpaired) electrons. The number of nitrogens with two attached hydrogens (primary N) is 1. The van der Waals surface area contributed by atoms with Crippen LogP contribution < -0.4 is 11.1 Å². The number of amides is 1. The van der Waals surface area contributed by atoms with E-state index in [2.05, 4.69) is 36.0 Å². The number of hydrogen-bond acceptors (Lipinski definition) is 4. The molecule has 1 aliphatic rings. The maximum absolute atomic E-state index is 12.2. The van der Waals surface area contributed by atoms with Gasteiger partial charge in [0.25, 0.3) is 0 Å². The van der Waals surface area contributed by atoms with E-state index >= 15 is 0 Å². The lowest BCUT2D eigenvalue weighted by Gasteiger charge is -2.45. The van der Waals surface area contributed by atoms with Gasteiger partial charge in [0.2, 0.25) is 5.91 Å². The summed E-state index contributed by atoms with van der Waals surface area (Å²) in [4.78, 5) is 16.6. The summed E-state index contributed by atoms with van der Waals surface area (Å²) in [5, 5.41) is 3.30. The van der Waals surface area contributed by atoms with Crippen molar-refractivity contribution in [2.75, 3.05) is 44.3 Å². The Bertz CT molecular complexity index is 532. The molecule has 1 aliphatic heterocycles. The fourth-order valence-corrected chi connectivity index (χ4v) is 2.74. The number of rotatable bonds is 3. The minimum atomic E-state index is -0.0537. The molecule has 1 amide bonds. The summed E-state index contributed by atoms with van der Waals surface area (Å²) in [6.07, 6.45) is 0. The topological polar surface area (TPSA) is 61.6 Å². The van der Waals surface area contributed by atoms with Gasteiger partial charge in [-0.05, 0) is 39.1 Å². The molecule has 2 rings (SSSR count). The monoisotopic (exact) mass is 310 g/mol. The first kappa shape index (κ1) is 16.1. The molecule has 6 heteroatoms. The van der Waals surface area contributed by atoms with Gasteiger partial charge in [-0.2, -0.15) is 0 Å². The number of benzene rings is 1. The third-order valence-electron chi connectivity index (χ3n) is 4.03.